The van der Waals surface area contributed by atoms with Crippen molar-refractivity contribution in [2.24, 2.45) is 0 Å². The smallest absolute Gasteiger partial charge is 0.407 e. The number of amides is 1. The molecule has 0 spiro atoms. The lowest BCUT2D eigenvalue weighted by Crippen LogP contribution is -2.47. The van der Waals surface area contributed by atoms with Crippen LogP contribution >= 0.6 is 0 Å². The second kappa shape index (κ2) is 6.76. The van der Waals surface area contributed by atoms with Gasteiger partial charge in [-0.15, -0.1) is 0 Å². The summed E-state index contributed by atoms with van der Waals surface area (Å²) in [5, 5.41) is 17.8. The number of H-pyrrole nitrogens is 2. The molecule has 1 aliphatic rings. The molecule has 1 fully saturated rings. The van der Waals surface area contributed by atoms with Gasteiger partial charge in [0, 0.05) is 46.9 Å². The highest BCUT2D eigenvalue weighted by Crippen LogP contribution is 2.41. The molecule has 0 saturated carbocycles. The molecule has 5 aromatic rings. The summed E-state index contributed by atoms with van der Waals surface area (Å²) in [6.07, 6.45) is 2.17. The van der Waals surface area contributed by atoms with E-state index in [2.05, 4.69) is 20.2 Å². The summed E-state index contributed by atoms with van der Waals surface area (Å²) in [5.74, 6) is -0.490. The number of nitrogens with two attached hydrogens (primary N) is 1. The number of nitrogens with one attached hydrogen (secondary N) is 2. The number of carbonyl (C=O) groups is 1. The van der Waals surface area contributed by atoms with Crippen LogP contribution in [0.4, 0.5) is 14.9 Å². The number of aromatic amines is 2. The van der Waals surface area contributed by atoms with Crippen LogP contribution < -0.4 is 11.3 Å². The van der Waals surface area contributed by atoms with E-state index in [4.69, 9.17) is 5.73 Å². The minimum atomic E-state index is -0.961. The molecule has 0 aliphatic carbocycles. The van der Waals surface area contributed by atoms with E-state index in [1.54, 1.807) is 18.3 Å². The Morgan fingerprint density at radius 3 is 2.79 bits per heavy atom. The predicted molar refractivity (Wildman–Crippen MR) is 122 cm³/mol. The van der Waals surface area contributed by atoms with Crippen LogP contribution in [0.5, 0.6) is 0 Å². The Morgan fingerprint density at radius 2 is 2.00 bits per heavy atom. The normalized spacial score (nSPS) is 14.3. The minimum Gasteiger partial charge on any atom is -0.465 e. The quantitative estimate of drug-likeness (QED) is 0.308. The van der Waals surface area contributed by atoms with Gasteiger partial charge < -0.3 is 20.7 Å². The third kappa shape index (κ3) is 2.70. The van der Waals surface area contributed by atoms with Gasteiger partial charge in [0.1, 0.15) is 17.0 Å². The molecule has 33 heavy (non-hydrogen) atoms. The summed E-state index contributed by atoms with van der Waals surface area (Å²) in [6, 6.07) is 8.52. The van der Waals surface area contributed by atoms with E-state index in [1.165, 1.54) is 17.2 Å². The Bertz CT molecular complexity index is 1670. The van der Waals surface area contributed by atoms with Crippen LogP contribution in [0.15, 0.2) is 47.5 Å². The fraction of sp³-hybridized carbons (Fsp3) is 0.130. The van der Waals surface area contributed by atoms with E-state index < -0.39 is 17.5 Å². The van der Waals surface area contributed by atoms with Crippen molar-refractivity contribution in [1.82, 2.24) is 25.1 Å². The summed E-state index contributed by atoms with van der Waals surface area (Å²) < 4.78 is 14.3. The molecular weight excluding hydrogens is 427 g/mol. The van der Waals surface area contributed by atoms with Crippen molar-refractivity contribution in [2.75, 3.05) is 18.8 Å². The van der Waals surface area contributed by atoms with E-state index in [0.717, 1.165) is 10.9 Å². The van der Waals surface area contributed by atoms with Gasteiger partial charge in [-0.3, -0.25) is 14.9 Å². The van der Waals surface area contributed by atoms with Crippen molar-refractivity contribution in [3.8, 4) is 11.1 Å². The lowest BCUT2D eigenvalue weighted by molar-refractivity contribution is 0.106. The van der Waals surface area contributed by atoms with E-state index in [0.29, 0.717) is 46.0 Å². The molecule has 1 saturated heterocycles. The molecule has 1 aliphatic heterocycles. The monoisotopic (exact) mass is 444 g/mol. The number of anilines is 1. The van der Waals surface area contributed by atoms with E-state index >= 15 is 0 Å². The molecule has 0 atom stereocenters. The highest BCUT2D eigenvalue weighted by Gasteiger charge is 2.33. The first-order valence-electron chi connectivity index (χ1n) is 10.3. The van der Waals surface area contributed by atoms with Gasteiger partial charge in [-0.05, 0) is 29.3 Å². The third-order valence-corrected chi connectivity index (χ3v) is 6.37. The largest absolute Gasteiger partial charge is 0.465 e. The summed E-state index contributed by atoms with van der Waals surface area (Å²) in [4.78, 5) is 32.8. The van der Waals surface area contributed by atoms with E-state index in [-0.39, 0.29) is 17.1 Å². The number of pyridine rings is 2. The van der Waals surface area contributed by atoms with Gasteiger partial charge in [-0.1, -0.05) is 12.1 Å². The number of carboxylic acid groups (broad SMARTS) is 1. The van der Waals surface area contributed by atoms with Gasteiger partial charge in [0.2, 0.25) is 0 Å². The van der Waals surface area contributed by atoms with Gasteiger partial charge in [0.15, 0.2) is 0 Å². The second-order valence-corrected chi connectivity index (χ2v) is 8.17. The van der Waals surface area contributed by atoms with Crippen LogP contribution in [0.1, 0.15) is 11.5 Å². The number of benzene rings is 2. The number of likely N-dealkylation sites (tertiary alicyclic amines) is 1. The number of nitrogen functional groups attached to an aromatic ring is 1. The lowest BCUT2D eigenvalue weighted by Gasteiger charge is -2.38. The van der Waals surface area contributed by atoms with Crippen LogP contribution in [-0.4, -0.2) is 49.4 Å². The van der Waals surface area contributed by atoms with Gasteiger partial charge >= 0.3 is 6.09 Å². The van der Waals surface area contributed by atoms with Crippen molar-refractivity contribution in [3.05, 3.63) is 64.5 Å². The first-order valence-corrected chi connectivity index (χ1v) is 10.3. The number of hydrogen-bond acceptors (Lipinski definition) is 5. The zero-order valence-corrected chi connectivity index (χ0v) is 17.1. The highest BCUT2D eigenvalue weighted by atomic mass is 19.1. The number of hydrogen-bond donors (Lipinski definition) is 4. The van der Waals surface area contributed by atoms with Crippen molar-refractivity contribution < 1.29 is 14.3 Å². The zero-order valence-electron chi connectivity index (χ0n) is 17.1. The first-order chi connectivity index (χ1) is 15.9. The molecule has 0 unspecified atom stereocenters. The Hall–Kier alpha value is -4.47. The van der Waals surface area contributed by atoms with Crippen molar-refractivity contribution in [3.63, 3.8) is 0 Å². The van der Waals surface area contributed by atoms with Gasteiger partial charge in [-0.25, -0.2) is 9.18 Å². The van der Waals surface area contributed by atoms with E-state index in [1.807, 2.05) is 12.1 Å². The van der Waals surface area contributed by atoms with Crippen LogP contribution in [0.3, 0.4) is 0 Å². The van der Waals surface area contributed by atoms with Gasteiger partial charge in [0.25, 0.3) is 5.56 Å². The fourth-order valence-corrected chi connectivity index (χ4v) is 4.71. The van der Waals surface area contributed by atoms with Crippen LogP contribution in [-0.2, 0) is 0 Å². The summed E-state index contributed by atoms with van der Waals surface area (Å²) >= 11 is 0. The second-order valence-electron chi connectivity index (χ2n) is 8.17. The summed E-state index contributed by atoms with van der Waals surface area (Å²) in [6.45, 7) is 0.725. The minimum absolute atomic E-state index is 0.00129. The number of fused-ring (bicyclic) bond motifs is 4. The number of aromatic nitrogens is 4. The van der Waals surface area contributed by atoms with Crippen LogP contribution in [0.2, 0.25) is 0 Å². The van der Waals surface area contributed by atoms with Crippen molar-refractivity contribution in [2.45, 2.75) is 5.92 Å². The maximum Gasteiger partial charge on any atom is 0.407 e. The Kier molecular flexibility index (Phi) is 3.94. The molecule has 0 radical (unpaired) electrons. The average Bonchev–Trinajstić information content (AvgIpc) is 3.26. The molecule has 3 aromatic heterocycles. The molecule has 2 aromatic carbocycles. The highest BCUT2D eigenvalue weighted by molar-refractivity contribution is 6.14. The molecule has 6 rings (SSSR count). The van der Waals surface area contributed by atoms with Crippen LogP contribution in [0, 0.1) is 5.82 Å². The van der Waals surface area contributed by atoms with Gasteiger partial charge in [-0.2, -0.15) is 5.10 Å². The Balaban J connectivity index is 1.71. The summed E-state index contributed by atoms with van der Waals surface area (Å²) in [5.41, 5.74) is 9.07. The van der Waals surface area contributed by atoms with Gasteiger partial charge in [0.05, 0.1) is 17.2 Å². The molecule has 9 nitrogen and oxygen atoms in total. The molecule has 1 amide bonds. The Morgan fingerprint density at radius 1 is 1.18 bits per heavy atom. The molecule has 5 N–H and O–H groups in total. The maximum atomic E-state index is 14.3. The number of nitrogens with zero attached hydrogens (tertiary/aromatic N) is 3. The molecule has 0 bridgehead atoms. The molecule has 4 heterocycles. The number of rotatable bonds is 2. The van der Waals surface area contributed by atoms with Crippen molar-refractivity contribution in [1.29, 1.82) is 0 Å². The first kappa shape index (κ1) is 19.2. The fourth-order valence-electron chi connectivity index (χ4n) is 4.71. The topological polar surface area (TPSA) is 141 Å². The molecule has 10 heteroatoms. The van der Waals surface area contributed by atoms with Crippen LogP contribution in [0.25, 0.3) is 43.8 Å². The summed E-state index contributed by atoms with van der Waals surface area (Å²) in [7, 11) is 0. The predicted octanol–water partition coefficient (Wildman–Crippen LogP) is 3.42. The molecule has 164 valence electrons. The standard InChI is InChI=1S/C23H17FN6O3/c24-16-4-3-11(15-7-27-29-19(15)16)17-14-6-13(10-8-30(9-10)23(32)33)12-2-1-5-26-20(12)21(14)28-22(31)18(17)25/h1-7,10H,8-9,25H2,(H,27,29)(H,28,31)(H,32,33). The SMILES string of the molecule is Nc1c(-c2ccc(F)c3[nH]ncc23)c2cc(C3CN(C(=O)O)C3)c3cccnc3c2[nH]c1=O. The maximum absolute atomic E-state index is 14.3. The lowest BCUT2D eigenvalue weighted by atomic mass is 9.86. The third-order valence-electron chi connectivity index (χ3n) is 6.37. The molecular formula is C23H17FN6O3. The zero-order chi connectivity index (χ0) is 22.9. The van der Waals surface area contributed by atoms with Crippen molar-refractivity contribution >= 4 is 44.5 Å². The van der Waals surface area contributed by atoms with E-state index in [9.17, 15) is 19.1 Å². The average molecular weight is 444 g/mol. The number of halogens is 1. The Labute approximate surface area is 184 Å².